The number of piperidine rings is 1. The zero-order valence-electron chi connectivity index (χ0n) is 15.7. The Kier molecular flexibility index (Phi) is 4.64. The summed E-state index contributed by atoms with van der Waals surface area (Å²) in [6, 6.07) is 8.69. The molecule has 2 aliphatic rings. The highest BCUT2D eigenvalue weighted by Crippen LogP contribution is 2.41. The van der Waals surface area contributed by atoms with Gasteiger partial charge in [0.1, 0.15) is 5.69 Å². The quantitative estimate of drug-likeness (QED) is 0.820. The van der Waals surface area contributed by atoms with Gasteiger partial charge in [0, 0.05) is 56.8 Å². The predicted molar refractivity (Wildman–Crippen MR) is 101 cm³/mol. The summed E-state index contributed by atoms with van der Waals surface area (Å²) in [5, 5.41) is 0. The molecule has 0 radical (unpaired) electrons. The van der Waals surface area contributed by atoms with Crippen molar-refractivity contribution >= 4 is 11.8 Å². The molecule has 6 heteroatoms. The molecule has 0 N–H and O–H groups in total. The van der Waals surface area contributed by atoms with Gasteiger partial charge in [-0.25, -0.2) is 4.98 Å². The number of carbonyl (C=O) groups is 2. The highest BCUT2D eigenvalue weighted by molar-refractivity contribution is 5.92. The van der Waals surface area contributed by atoms with Gasteiger partial charge in [-0.1, -0.05) is 29.8 Å². The highest BCUT2D eigenvalue weighted by atomic mass is 16.2. The number of amides is 2. The van der Waals surface area contributed by atoms with E-state index in [1.165, 1.54) is 17.3 Å². The Morgan fingerprint density at radius 3 is 2.74 bits per heavy atom. The number of fused-ring (bicyclic) bond motifs is 1. The Balaban J connectivity index is 1.61. The van der Waals surface area contributed by atoms with Crippen LogP contribution in [0.3, 0.4) is 0 Å². The van der Waals surface area contributed by atoms with Crippen molar-refractivity contribution in [2.75, 3.05) is 19.6 Å². The van der Waals surface area contributed by atoms with Crippen LogP contribution in [0, 0.1) is 12.8 Å². The number of aryl methyl sites for hydroxylation is 1. The molecule has 2 aliphatic heterocycles. The molecule has 27 heavy (non-hydrogen) atoms. The van der Waals surface area contributed by atoms with Gasteiger partial charge >= 0.3 is 0 Å². The monoisotopic (exact) mass is 364 g/mol. The number of rotatable bonds is 2. The van der Waals surface area contributed by atoms with E-state index < -0.39 is 0 Å². The first-order chi connectivity index (χ1) is 13.0. The molecule has 0 bridgehead atoms. The fourth-order valence-corrected chi connectivity index (χ4v) is 4.61. The average molecular weight is 364 g/mol. The van der Waals surface area contributed by atoms with E-state index in [1.807, 2.05) is 9.80 Å². The minimum Gasteiger partial charge on any atom is -0.339 e. The minimum atomic E-state index is -0.0779. The maximum atomic E-state index is 12.8. The molecule has 1 aromatic carbocycles. The number of carbonyl (C=O) groups excluding carboxylic acids is 2. The van der Waals surface area contributed by atoms with Crippen molar-refractivity contribution in [1.29, 1.82) is 0 Å². The van der Waals surface area contributed by atoms with Crippen LogP contribution in [-0.4, -0.2) is 57.3 Å². The smallest absolute Gasteiger partial charge is 0.274 e. The Labute approximate surface area is 159 Å². The lowest BCUT2D eigenvalue weighted by atomic mass is 9.81. The summed E-state index contributed by atoms with van der Waals surface area (Å²) in [5.41, 5.74) is 2.85. The second-order valence-corrected chi connectivity index (χ2v) is 7.55. The third kappa shape index (κ3) is 3.31. The summed E-state index contributed by atoms with van der Waals surface area (Å²) in [6.45, 7) is 5.74. The summed E-state index contributed by atoms with van der Waals surface area (Å²) in [7, 11) is 0. The summed E-state index contributed by atoms with van der Waals surface area (Å²) < 4.78 is 0. The predicted octanol–water partition coefficient (Wildman–Crippen LogP) is 2.26. The molecule has 6 nitrogen and oxygen atoms in total. The lowest BCUT2D eigenvalue weighted by molar-refractivity contribution is -0.130. The molecule has 1 aromatic heterocycles. The Morgan fingerprint density at radius 1 is 1.19 bits per heavy atom. The third-order valence-electron chi connectivity index (χ3n) is 5.88. The topological polar surface area (TPSA) is 66.4 Å². The molecule has 140 valence electrons. The first kappa shape index (κ1) is 17.6. The van der Waals surface area contributed by atoms with Crippen LogP contribution in [-0.2, 0) is 4.79 Å². The molecular weight excluding hydrogens is 340 g/mol. The van der Waals surface area contributed by atoms with Crippen LogP contribution in [0.2, 0.25) is 0 Å². The molecule has 0 unspecified atom stereocenters. The van der Waals surface area contributed by atoms with E-state index in [1.54, 1.807) is 19.3 Å². The Morgan fingerprint density at radius 2 is 2.04 bits per heavy atom. The molecule has 2 aromatic rings. The zero-order chi connectivity index (χ0) is 19.0. The number of likely N-dealkylation sites (tertiary alicyclic amines) is 2. The van der Waals surface area contributed by atoms with Crippen molar-refractivity contribution in [3.63, 3.8) is 0 Å². The largest absolute Gasteiger partial charge is 0.339 e. The number of benzene rings is 1. The standard InChI is InChI=1S/C21H24N4O2/c1-14-4-3-5-16(10-14)17-13-25(15(2)26)20-6-9-24(12-18(17)20)21(27)19-11-22-7-8-23-19/h3-5,7-8,10-11,17-18,20H,6,9,12-13H2,1-2H3/t17-,18-,20-/m0/s1. The van der Waals surface area contributed by atoms with Gasteiger partial charge in [0.05, 0.1) is 6.20 Å². The summed E-state index contributed by atoms with van der Waals surface area (Å²) in [4.78, 5) is 37.1. The highest BCUT2D eigenvalue weighted by Gasteiger charge is 2.47. The molecule has 2 saturated heterocycles. The first-order valence-electron chi connectivity index (χ1n) is 9.43. The molecule has 3 heterocycles. The van der Waals surface area contributed by atoms with E-state index in [0.717, 1.165) is 13.0 Å². The SMILES string of the molecule is CC(=O)N1C[C@@H](c2cccc(C)c2)[C@@H]2CN(C(=O)c3cnccn3)CC[C@@H]21. The van der Waals surface area contributed by atoms with Gasteiger partial charge in [0.2, 0.25) is 5.91 Å². The molecule has 0 spiro atoms. The van der Waals surface area contributed by atoms with Crippen LogP contribution in [0.1, 0.15) is 40.9 Å². The maximum Gasteiger partial charge on any atom is 0.274 e. The van der Waals surface area contributed by atoms with Crippen LogP contribution in [0.15, 0.2) is 42.9 Å². The first-order valence-corrected chi connectivity index (χ1v) is 9.43. The van der Waals surface area contributed by atoms with E-state index in [9.17, 15) is 9.59 Å². The van der Waals surface area contributed by atoms with E-state index in [-0.39, 0.29) is 29.7 Å². The molecule has 2 fully saturated rings. The molecule has 3 atom stereocenters. The third-order valence-corrected chi connectivity index (χ3v) is 5.88. The number of aromatic nitrogens is 2. The summed E-state index contributed by atoms with van der Waals surface area (Å²) in [5.74, 6) is 0.529. The molecule has 0 saturated carbocycles. The van der Waals surface area contributed by atoms with Crippen molar-refractivity contribution < 1.29 is 9.59 Å². The van der Waals surface area contributed by atoms with E-state index in [4.69, 9.17) is 0 Å². The average Bonchev–Trinajstić information content (AvgIpc) is 3.07. The van der Waals surface area contributed by atoms with Gasteiger partial charge in [-0.15, -0.1) is 0 Å². The molecule has 2 amide bonds. The van der Waals surface area contributed by atoms with E-state index in [2.05, 4.69) is 41.2 Å². The number of hydrogen-bond acceptors (Lipinski definition) is 4. The zero-order valence-corrected chi connectivity index (χ0v) is 15.7. The van der Waals surface area contributed by atoms with Crippen molar-refractivity contribution in [1.82, 2.24) is 19.8 Å². The van der Waals surface area contributed by atoms with Gasteiger partial charge in [-0.3, -0.25) is 14.6 Å². The maximum absolute atomic E-state index is 12.8. The van der Waals surface area contributed by atoms with Crippen molar-refractivity contribution in [3.05, 3.63) is 59.7 Å². The molecule has 4 rings (SSSR count). The Hall–Kier alpha value is -2.76. The van der Waals surface area contributed by atoms with Gasteiger partial charge in [-0.05, 0) is 18.9 Å². The normalized spacial score (nSPS) is 24.6. The van der Waals surface area contributed by atoms with Crippen molar-refractivity contribution in [3.8, 4) is 0 Å². The second kappa shape index (κ2) is 7.10. The van der Waals surface area contributed by atoms with E-state index in [0.29, 0.717) is 18.8 Å². The van der Waals surface area contributed by atoms with Gasteiger partial charge in [0.15, 0.2) is 0 Å². The lowest BCUT2D eigenvalue weighted by Crippen LogP contribution is -2.49. The summed E-state index contributed by atoms with van der Waals surface area (Å²) >= 11 is 0. The van der Waals surface area contributed by atoms with Crippen LogP contribution in [0.5, 0.6) is 0 Å². The second-order valence-electron chi connectivity index (χ2n) is 7.55. The van der Waals surface area contributed by atoms with Gasteiger partial charge < -0.3 is 9.80 Å². The van der Waals surface area contributed by atoms with Crippen LogP contribution >= 0.6 is 0 Å². The minimum absolute atomic E-state index is 0.0779. The number of nitrogens with zero attached hydrogens (tertiary/aromatic N) is 4. The number of hydrogen-bond donors (Lipinski definition) is 0. The van der Waals surface area contributed by atoms with Crippen LogP contribution in [0.25, 0.3) is 0 Å². The van der Waals surface area contributed by atoms with E-state index >= 15 is 0 Å². The van der Waals surface area contributed by atoms with Crippen molar-refractivity contribution in [2.45, 2.75) is 32.2 Å². The van der Waals surface area contributed by atoms with Gasteiger partial charge in [0.25, 0.3) is 5.91 Å². The van der Waals surface area contributed by atoms with Crippen LogP contribution in [0.4, 0.5) is 0 Å². The fraction of sp³-hybridized carbons (Fsp3) is 0.429. The lowest BCUT2D eigenvalue weighted by Gasteiger charge is -2.38. The molecule has 0 aliphatic carbocycles. The Bertz CT molecular complexity index is 854. The van der Waals surface area contributed by atoms with Crippen molar-refractivity contribution in [2.24, 2.45) is 5.92 Å². The fourth-order valence-electron chi connectivity index (χ4n) is 4.61. The van der Waals surface area contributed by atoms with Gasteiger partial charge in [-0.2, -0.15) is 0 Å². The van der Waals surface area contributed by atoms with Crippen LogP contribution < -0.4 is 0 Å². The molecular formula is C21H24N4O2. The summed E-state index contributed by atoms with van der Waals surface area (Å²) in [6.07, 6.45) is 5.43.